The Labute approximate surface area is 102 Å². The maximum Gasteiger partial charge on any atom is 0.119 e. The van der Waals surface area contributed by atoms with Gasteiger partial charge in [-0.25, -0.2) is 0 Å². The molecular formula is C14H25NSi. The zero-order valence-corrected chi connectivity index (χ0v) is 12.5. The SMILES string of the molecule is Cc1ccccc1CC(C)N(C)[Si](C)(C)C. The Bertz CT molecular complexity index is 341. The first kappa shape index (κ1) is 13.5. The molecular weight excluding hydrogens is 210 g/mol. The number of likely N-dealkylation sites (N-methyl/N-ethyl adjacent to an activating group) is 1. The standard InChI is InChI=1S/C14H25NSi/c1-12-9-7-8-10-14(12)11-13(2)15(3)16(4,5)6/h7-10,13H,11H2,1-6H3. The highest BCUT2D eigenvalue weighted by Gasteiger charge is 2.24. The number of hydrogen-bond acceptors (Lipinski definition) is 1. The van der Waals surface area contributed by atoms with E-state index in [9.17, 15) is 0 Å². The molecule has 1 rings (SSSR count). The van der Waals surface area contributed by atoms with Crippen LogP contribution in [0.1, 0.15) is 18.1 Å². The fraction of sp³-hybridized carbons (Fsp3) is 0.571. The van der Waals surface area contributed by atoms with Crippen LogP contribution in [0.15, 0.2) is 24.3 Å². The van der Waals surface area contributed by atoms with Crippen molar-refractivity contribution in [3.63, 3.8) is 0 Å². The lowest BCUT2D eigenvalue weighted by molar-refractivity contribution is 0.391. The molecule has 0 radical (unpaired) electrons. The lowest BCUT2D eigenvalue weighted by Gasteiger charge is -2.35. The molecule has 0 saturated carbocycles. The van der Waals surface area contributed by atoms with E-state index in [1.807, 2.05) is 0 Å². The van der Waals surface area contributed by atoms with Gasteiger partial charge in [-0.2, -0.15) is 0 Å². The molecule has 1 unspecified atom stereocenters. The zero-order chi connectivity index (χ0) is 12.3. The van der Waals surface area contributed by atoms with Gasteiger partial charge in [-0.15, -0.1) is 0 Å². The van der Waals surface area contributed by atoms with Crippen LogP contribution < -0.4 is 0 Å². The highest BCUT2D eigenvalue weighted by atomic mass is 28.3. The van der Waals surface area contributed by atoms with Gasteiger partial charge in [-0.05, 0) is 38.4 Å². The average Bonchev–Trinajstić information content (AvgIpc) is 2.19. The molecule has 0 spiro atoms. The van der Waals surface area contributed by atoms with Crippen LogP contribution in [0.3, 0.4) is 0 Å². The summed E-state index contributed by atoms with van der Waals surface area (Å²) in [6.45, 7) is 11.8. The summed E-state index contributed by atoms with van der Waals surface area (Å²) in [4.78, 5) is 0. The molecule has 0 N–H and O–H groups in total. The van der Waals surface area contributed by atoms with Crippen molar-refractivity contribution < 1.29 is 0 Å². The summed E-state index contributed by atoms with van der Waals surface area (Å²) in [6, 6.07) is 9.35. The molecule has 0 saturated heterocycles. The van der Waals surface area contributed by atoms with E-state index in [1.54, 1.807) is 0 Å². The van der Waals surface area contributed by atoms with Crippen LogP contribution in [0.25, 0.3) is 0 Å². The summed E-state index contributed by atoms with van der Waals surface area (Å²) in [5, 5.41) is 0. The minimum Gasteiger partial charge on any atom is -0.324 e. The Morgan fingerprint density at radius 2 is 1.75 bits per heavy atom. The Balaban J connectivity index is 2.72. The molecule has 0 heterocycles. The summed E-state index contributed by atoms with van der Waals surface area (Å²) in [5.74, 6) is 0. The van der Waals surface area contributed by atoms with Crippen LogP contribution in [0.4, 0.5) is 0 Å². The van der Waals surface area contributed by atoms with Crippen LogP contribution in [0, 0.1) is 6.92 Å². The second kappa shape index (κ2) is 5.15. The lowest BCUT2D eigenvalue weighted by Crippen LogP contribution is -2.48. The summed E-state index contributed by atoms with van der Waals surface area (Å²) in [6.07, 6.45) is 1.16. The van der Waals surface area contributed by atoms with Crippen molar-refractivity contribution in [3.8, 4) is 0 Å². The van der Waals surface area contributed by atoms with Gasteiger partial charge < -0.3 is 4.57 Å². The number of nitrogens with zero attached hydrogens (tertiary/aromatic N) is 1. The van der Waals surface area contributed by atoms with E-state index in [0.717, 1.165) is 6.42 Å². The van der Waals surface area contributed by atoms with Crippen molar-refractivity contribution in [3.05, 3.63) is 35.4 Å². The predicted molar refractivity (Wildman–Crippen MR) is 75.5 cm³/mol. The van der Waals surface area contributed by atoms with Crippen molar-refractivity contribution in [1.29, 1.82) is 0 Å². The summed E-state index contributed by atoms with van der Waals surface area (Å²) in [7, 11) is 1.11. The fourth-order valence-electron chi connectivity index (χ4n) is 1.96. The molecule has 1 aromatic rings. The second-order valence-electron chi connectivity index (χ2n) is 5.76. The predicted octanol–water partition coefficient (Wildman–Crippen LogP) is 3.69. The molecule has 16 heavy (non-hydrogen) atoms. The van der Waals surface area contributed by atoms with Gasteiger partial charge >= 0.3 is 0 Å². The first-order chi connectivity index (χ1) is 7.32. The Morgan fingerprint density at radius 1 is 1.19 bits per heavy atom. The Morgan fingerprint density at radius 3 is 2.25 bits per heavy atom. The second-order valence-corrected chi connectivity index (χ2v) is 10.8. The molecule has 0 aliphatic carbocycles. The van der Waals surface area contributed by atoms with Gasteiger partial charge in [0, 0.05) is 6.04 Å². The smallest absolute Gasteiger partial charge is 0.119 e. The van der Waals surface area contributed by atoms with Crippen LogP contribution in [-0.2, 0) is 6.42 Å². The summed E-state index contributed by atoms with van der Waals surface area (Å²) >= 11 is 0. The third-order valence-electron chi connectivity index (χ3n) is 3.50. The molecule has 1 atom stereocenters. The number of benzene rings is 1. The van der Waals surface area contributed by atoms with E-state index < -0.39 is 8.24 Å². The van der Waals surface area contributed by atoms with Crippen LogP contribution in [0.5, 0.6) is 0 Å². The van der Waals surface area contributed by atoms with Crippen molar-refractivity contribution in [2.24, 2.45) is 0 Å². The van der Waals surface area contributed by atoms with E-state index in [1.165, 1.54) is 11.1 Å². The molecule has 0 amide bonds. The molecule has 0 aromatic heterocycles. The Hall–Kier alpha value is -0.603. The van der Waals surface area contributed by atoms with Gasteiger partial charge in [0.1, 0.15) is 8.24 Å². The largest absolute Gasteiger partial charge is 0.324 e. The van der Waals surface area contributed by atoms with E-state index in [4.69, 9.17) is 0 Å². The molecule has 0 bridgehead atoms. The van der Waals surface area contributed by atoms with E-state index >= 15 is 0 Å². The van der Waals surface area contributed by atoms with Crippen LogP contribution in [0.2, 0.25) is 19.6 Å². The average molecular weight is 235 g/mol. The third-order valence-corrected chi connectivity index (χ3v) is 6.05. The number of rotatable bonds is 4. The molecule has 1 aromatic carbocycles. The zero-order valence-electron chi connectivity index (χ0n) is 11.5. The highest BCUT2D eigenvalue weighted by Crippen LogP contribution is 2.16. The highest BCUT2D eigenvalue weighted by molar-refractivity contribution is 6.73. The maximum absolute atomic E-state index is 2.58. The molecule has 0 aliphatic rings. The Kier molecular flexibility index (Phi) is 4.33. The van der Waals surface area contributed by atoms with Crippen molar-refractivity contribution in [1.82, 2.24) is 4.57 Å². The molecule has 90 valence electrons. The van der Waals surface area contributed by atoms with Crippen LogP contribution in [-0.4, -0.2) is 25.9 Å². The van der Waals surface area contributed by atoms with Crippen molar-refractivity contribution in [2.75, 3.05) is 7.05 Å². The maximum atomic E-state index is 2.58. The van der Waals surface area contributed by atoms with Gasteiger partial charge in [0.15, 0.2) is 0 Å². The van der Waals surface area contributed by atoms with Gasteiger partial charge in [-0.3, -0.25) is 0 Å². The van der Waals surface area contributed by atoms with Gasteiger partial charge in [0.25, 0.3) is 0 Å². The summed E-state index contributed by atoms with van der Waals surface area (Å²) < 4.78 is 2.58. The number of aryl methyl sites for hydroxylation is 1. The van der Waals surface area contributed by atoms with E-state index in [0.29, 0.717) is 6.04 Å². The molecule has 2 heteroatoms. The first-order valence-corrected chi connectivity index (χ1v) is 9.54. The van der Waals surface area contributed by atoms with Crippen molar-refractivity contribution in [2.45, 2.75) is 46.0 Å². The third kappa shape index (κ3) is 3.46. The topological polar surface area (TPSA) is 3.24 Å². The summed E-state index contributed by atoms with van der Waals surface area (Å²) in [5.41, 5.74) is 2.90. The first-order valence-electron chi connectivity index (χ1n) is 6.10. The van der Waals surface area contributed by atoms with E-state index in [-0.39, 0.29) is 0 Å². The minimum atomic E-state index is -1.16. The van der Waals surface area contributed by atoms with Gasteiger partial charge in [0.05, 0.1) is 0 Å². The van der Waals surface area contributed by atoms with Crippen LogP contribution >= 0.6 is 0 Å². The van der Waals surface area contributed by atoms with Gasteiger partial charge in [-0.1, -0.05) is 43.9 Å². The molecule has 0 aliphatic heterocycles. The monoisotopic (exact) mass is 235 g/mol. The van der Waals surface area contributed by atoms with Gasteiger partial charge in [0.2, 0.25) is 0 Å². The quantitative estimate of drug-likeness (QED) is 0.719. The minimum absolute atomic E-state index is 0.632. The number of hydrogen-bond donors (Lipinski definition) is 0. The lowest BCUT2D eigenvalue weighted by atomic mass is 10.0. The molecule has 1 nitrogen and oxygen atoms in total. The normalized spacial score (nSPS) is 14.2. The van der Waals surface area contributed by atoms with Crippen molar-refractivity contribution >= 4 is 8.24 Å². The molecule has 0 fully saturated rings. The van der Waals surface area contributed by atoms with E-state index in [2.05, 4.69) is 69.4 Å². The fourth-order valence-corrected chi connectivity index (χ4v) is 3.37.